The van der Waals surface area contributed by atoms with Gasteiger partial charge in [0.05, 0.1) is 6.10 Å². The van der Waals surface area contributed by atoms with Crippen LogP contribution in [-0.4, -0.2) is 41.9 Å². The molecule has 0 spiro atoms. The standard InChI is InChI=1S/C8H16FNO/c1-7(11)6-10-4-2-8(9)3-5-10/h7-8,11H,2-6H2,1H3/t7-/m0/s1. The Morgan fingerprint density at radius 3 is 2.55 bits per heavy atom. The van der Waals surface area contributed by atoms with Gasteiger partial charge in [0.1, 0.15) is 6.17 Å². The van der Waals surface area contributed by atoms with Gasteiger partial charge in [-0.2, -0.15) is 0 Å². The monoisotopic (exact) mass is 161 g/mol. The Morgan fingerprint density at radius 2 is 2.09 bits per heavy atom. The summed E-state index contributed by atoms with van der Waals surface area (Å²) in [5, 5.41) is 9.04. The molecule has 1 atom stereocenters. The van der Waals surface area contributed by atoms with Crippen molar-refractivity contribution in [2.45, 2.75) is 32.0 Å². The lowest BCUT2D eigenvalue weighted by Gasteiger charge is -2.29. The fourth-order valence-electron chi connectivity index (χ4n) is 1.46. The molecule has 11 heavy (non-hydrogen) atoms. The van der Waals surface area contributed by atoms with Crippen molar-refractivity contribution in [3.63, 3.8) is 0 Å². The molecule has 66 valence electrons. The van der Waals surface area contributed by atoms with Gasteiger partial charge >= 0.3 is 0 Å². The van der Waals surface area contributed by atoms with Crippen LogP contribution >= 0.6 is 0 Å². The Kier molecular flexibility index (Phi) is 3.27. The van der Waals surface area contributed by atoms with Crippen LogP contribution in [0.2, 0.25) is 0 Å². The Morgan fingerprint density at radius 1 is 1.55 bits per heavy atom. The maximum atomic E-state index is 12.6. The molecule has 1 aliphatic heterocycles. The Hall–Kier alpha value is -0.150. The second-order valence-electron chi connectivity index (χ2n) is 3.32. The van der Waals surface area contributed by atoms with Crippen molar-refractivity contribution in [3.05, 3.63) is 0 Å². The number of halogens is 1. The zero-order chi connectivity index (χ0) is 8.27. The van der Waals surface area contributed by atoms with E-state index in [2.05, 4.69) is 4.90 Å². The topological polar surface area (TPSA) is 23.5 Å². The molecule has 1 aliphatic rings. The zero-order valence-corrected chi connectivity index (χ0v) is 6.96. The van der Waals surface area contributed by atoms with Crippen LogP contribution in [0.1, 0.15) is 19.8 Å². The maximum Gasteiger partial charge on any atom is 0.103 e. The summed E-state index contributed by atoms with van der Waals surface area (Å²) in [6, 6.07) is 0. The van der Waals surface area contributed by atoms with Gasteiger partial charge in [-0.1, -0.05) is 0 Å². The van der Waals surface area contributed by atoms with Crippen LogP contribution in [0.3, 0.4) is 0 Å². The van der Waals surface area contributed by atoms with Gasteiger partial charge in [0, 0.05) is 19.6 Å². The Balaban J connectivity index is 2.17. The highest BCUT2D eigenvalue weighted by Crippen LogP contribution is 2.12. The van der Waals surface area contributed by atoms with Gasteiger partial charge in [0.25, 0.3) is 0 Å². The molecule has 0 radical (unpaired) electrons. The number of likely N-dealkylation sites (tertiary alicyclic amines) is 1. The van der Waals surface area contributed by atoms with E-state index in [1.807, 2.05) is 0 Å². The summed E-state index contributed by atoms with van der Waals surface area (Å²) in [5.41, 5.74) is 0. The molecule has 1 N–H and O–H groups in total. The molecule has 1 rings (SSSR count). The first-order valence-corrected chi connectivity index (χ1v) is 4.23. The summed E-state index contributed by atoms with van der Waals surface area (Å²) in [5.74, 6) is 0. The third-order valence-corrected chi connectivity index (χ3v) is 2.04. The van der Waals surface area contributed by atoms with Crippen molar-refractivity contribution in [1.82, 2.24) is 4.90 Å². The van der Waals surface area contributed by atoms with Crippen LogP contribution in [0.5, 0.6) is 0 Å². The summed E-state index contributed by atoms with van der Waals surface area (Å²) in [6.07, 6.45) is 0.366. The number of hydrogen-bond acceptors (Lipinski definition) is 2. The van der Waals surface area contributed by atoms with Gasteiger partial charge in [-0.15, -0.1) is 0 Å². The molecule has 1 heterocycles. The molecule has 0 aromatic rings. The van der Waals surface area contributed by atoms with Crippen LogP contribution in [0.4, 0.5) is 4.39 Å². The van der Waals surface area contributed by atoms with E-state index >= 15 is 0 Å². The van der Waals surface area contributed by atoms with Crippen LogP contribution in [0.15, 0.2) is 0 Å². The van der Waals surface area contributed by atoms with E-state index in [0.717, 1.165) is 13.1 Å². The van der Waals surface area contributed by atoms with E-state index in [1.165, 1.54) is 0 Å². The molecule has 0 aromatic carbocycles. The van der Waals surface area contributed by atoms with Crippen molar-refractivity contribution < 1.29 is 9.50 Å². The minimum absolute atomic E-state index is 0.286. The quantitative estimate of drug-likeness (QED) is 0.647. The molecule has 2 nitrogen and oxygen atoms in total. The predicted molar refractivity (Wildman–Crippen MR) is 42.3 cm³/mol. The number of aliphatic hydroxyl groups excluding tert-OH is 1. The van der Waals surface area contributed by atoms with Crippen LogP contribution in [-0.2, 0) is 0 Å². The molecule has 0 saturated carbocycles. The van der Waals surface area contributed by atoms with Crippen LogP contribution in [0.25, 0.3) is 0 Å². The van der Waals surface area contributed by atoms with E-state index in [9.17, 15) is 4.39 Å². The lowest BCUT2D eigenvalue weighted by atomic mass is 10.1. The third kappa shape index (κ3) is 3.16. The minimum Gasteiger partial charge on any atom is -0.392 e. The van der Waals surface area contributed by atoms with Gasteiger partial charge in [-0.25, -0.2) is 4.39 Å². The van der Waals surface area contributed by atoms with Crippen LogP contribution in [0, 0.1) is 0 Å². The molecular weight excluding hydrogens is 145 g/mol. The van der Waals surface area contributed by atoms with Crippen molar-refractivity contribution in [1.29, 1.82) is 0 Å². The number of β-amino-alcohol motifs (C(OH)–C–C–N with tert-alkyl or cyclic N) is 1. The Labute approximate surface area is 67.0 Å². The molecule has 0 bridgehead atoms. The van der Waals surface area contributed by atoms with E-state index in [1.54, 1.807) is 6.92 Å². The largest absolute Gasteiger partial charge is 0.392 e. The highest BCUT2D eigenvalue weighted by molar-refractivity contribution is 4.72. The second kappa shape index (κ2) is 4.02. The summed E-state index contributed by atoms with van der Waals surface area (Å²) >= 11 is 0. The van der Waals surface area contributed by atoms with Gasteiger partial charge in [-0.05, 0) is 19.8 Å². The van der Waals surface area contributed by atoms with E-state index in [4.69, 9.17) is 5.11 Å². The molecule has 0 aromatic heterocycles. The van der Waals surface area contributed by atoms with Gasteiger partial charge in [0.15, 0.2) is 0 Å². The summed E-state index contributed by atoms with van der Waals surface area (Å²) < 4.78 is 12.6. The van der Waals surface area contributed by atoms with Crippen molar-refractivity contribution in [2.75, 3.05) is 19.6 Å². The fraction of sp³-hybridized carbons (Fsp3) is 1.00. The predicted octanol–water partition coefficient (Wildman–Crippen LogP) is 0.801. The summed E-state index contributed by atoms with van der Waals surface area (Å²) in [4.78, 5) is 2.11. The number of rotatable bonds is 2. The maximum absolute atomic E-state index is 12.6. The fourth-order valence-corrected chi connectivity index (χ4v) is 1.46. The lowest BCUT2D eigenvalue weighted by Crippen LogP contribution is -2.38. The van der Waals surface area contributed by atoms with E-state index in [0.29, 0.717) is 19.4 Å². The normalized spacial score (nSPS) is 25.4. The van der Waals surface area contributed by atoms with Crippen molar-refractivity contribution in [3.8, 4) is 0 Å². The van der Waals surface area contributed by atoms with Gasteiger partial charge < -0.3 is 10.0 Å². The highest BCUT2D eigenvalue weighted by Gasteiger charge is 2.18. The number of aliphatic hydroxyl groups is 1. The molecule has 3 heteroatoms. The van der Waals surface area contributed by atoms with Gasteiger partial charge in [0.2, 0.25) is 0 Å². The smallest absolute Gasteiger partial charge is 0.103 e. The second-order valence-corrected chi connectivity index (χ2v) is 3.32. The third-order valence-electron chi connectivity index (χ3n) is 2.04. The Bertz CT molecular complexity index is 111. The average Bonchev–Trinajstić information content (AvgIpc) is 1.93. The van der Waals surface area contributed by atoms with Crippen molar-refractivity contribution >= 4 is 0 Å². The van der Waals surface area contributed by atoms with E-state index < -0.39 is 6.17 Å². The molecule has 0 aliphatic carbocycles. The first kappa shape index (κ1) is 8.94. The first-order valence-electron chi connectivity index (χ1n) is 4.23. The lowest BCUT2D eigenvalue weighted by molar-refractivity contribution is 0.0898. The zero-order valence-electron chi connectivity index (χ0n) is 6.96. The SMILES string of the molecule is C[C@H](O)CN1CCC(F)CC1. The molecule has 1 fully saturated rings. The average molecular weight is 161 g/mol. The number of nitrogens with zero attached hydrogens (tertiary/aromatic N) is 1. The minimum atomic E-state index is -0.611. The summed E-state index contributed by atoms with van der Waals surface area (Å²) in [6.45, 7) is 4.05. The number of hydrogen-bond donors (Lipinski definition) is 1. The number of piperidine rings is 1. The highest BCUT2D eigenvalue weighted by atomic mass is 19.1. The van der Waals surface area contributed by atoms with E-state index in [-0.39, 0.29) is 6.10 Å². The van der Waals surface area contributed by atoms with Gasteiger partial charge in [-0.3, -0.25) is 0 Å². The summed E-state index contributed by atoms with van der Waals surface area (Å²) in [7, 11) is 0. The molecule has 0 amide bonds. The first-order chi connectivity index (χ1) is 5.18. The number of alkyl halides is 1. The molecule has 1 saturated heterocycles. The molecular formula is C8H16FNO. The van der Waals surface area contributed by atoms with Crippen LogP contribution < -0.4 is 0 Å². The van der Waals surface area contributed by atoms with Crippen molar-refractivity contribution in [2.24, 2.45) is 0 Å². The molecule has 0 unspecified atom stereocenters.